The molecular formula is C12H17O2. The highest BCUT2D eigenvalue weighted by molar-refractivity contribution is 5.20. The Hall–Kier alpha value is -1.02. The third kappa shape index (κ3) is 4.87. The van der Waals surface area contributed by atoms with E-state index in [0.717, 1.165) is 18.6 Å². The van der Waals surface area contributed by atoms with E-state index in [1.54, 1.807) is 0 Å². The molecule has 1 rings (SSSR count). The zero-order valence-electron chi connectivity index (χ0n) is 8.61. The maximum Gasteiger partial charge on any atom is 0.119 e. The van der Waals surface area contributed by atoms with Gasteiger partial charge in [-0.05, 0) is 18.6 Å². The Balaban J connectivity index is 1.99. The van der Waals surface area contributed by atoms with Crippen molar-refractivity contribution in [3.8, 4) is 5.75 Å². The topological polar surface area (TPSA) is 18.5 Å². The van der Waals surface area contributed by atoms with E-state index in [1.165, 1.54) is 0 Å². The molecule has 0 spiro atoms. The van der Waals surface area contributed by atoms with Crippen LogP contribution in [0.5, 0.6) is 5.75 Å². The molecule has 0 unspecified atom stereocenters. The maximum atomic E-state index is 5.44. The number of rotatable bonds is 7. The molecule has 1 radical (unpaired) electrons. The Kier molecular flexibility index (Phi) is 5.84. The molecule has 0 heterocycles. The lowest BCUT2D eigenvalue weighted by Crippen LogP contribution is -2.05. The molecular weight excluding hydrogens is 176 g/mol. The van der Waals surface area contributed by atoms with E-state index in [1.807, 2.05) is 36.9 Å². The highest BCUT2D eigenvalue weighted by Crippen LogP contribution is 2.07. The lowest BCUT2D eigenvalue weighted by molar-refractivity contribution is 0.142. The highest BCUT2D eigenvalue weighted by Gasteiger charge is 1.91. The van der Waals surface area contributed by atoms with Crippen molar-refractivity contribution in [2.45, 2.75) is 19.8 Å². The van der Waals surface area contributed by atoms with E-state index in [4.69, 9.17) is 9.47 Å². The Morgan fingerprint density at radius 1 is 1.14 bits per heavy atom. The Morgan fingerprint density at radius 3 is 2.64 bits per heavy atom. The van der Waals surface area contributed by atoms with Gasteiger partial charge in [0.25, 0.3) is 0 Å². The second kappa shape index (κ2) is 7.39. The first kappa shape index (κ1) is 11.1. The van der Waals surface area contributed by atoms with Crippen LogP contribution in [0.15, 0.2) is 30.3 Å². The normalized spacial score (nSPS) is 10.1. The van der Waals surface area contributed by atoms with E-state index >= 15 is 0 Å². The lowest BCUT2D eigenvalue weighted by atomic mass is 10.3. The van der Waals surface area contributed by atoms with Crippen LogP contribution in [0.3, 0.4) is 0 Å². The molecule has 0 N–H and O–H groups in total. The molecule has 2 heteroatoms. The summed E-state index contributed by atoms with van der Waals surface area (Å²) in [6, 6.07) is 9.77. The summed E-state index contributed by atoms with van der Waals surface area (Å²) in [7, 11) is 0. The number of hydrogen-bond donors (Lipinski definition) is 0. The monoisotopic (exact) mass is 193 g/mol. The van der Waals surface area contributed by atoms with Gasteiger partial charge in [-0.1, -0.05) is 31.5 Å². The molecule has 1 aromatic rings. The molecule has 2 nitrogen and oxygen atoms in total. The third-order valence-corrected chi connectivity index (χ3v) is 1.74. The predicted molar refractivity (Wildman–Crippen MR) is 57.1 cm³/mol. The molecule has 0 saturated heterocycles. The van der Waals surface area contributed by atoms with Crippen LogP contribution in [0.1, 0.15) is 19.8 Å². The Bertz CT molecular complexity index is 221. The number of para-hydroxylation sites is 1. The van der Waals surface area contributed by atoms with Crippen molar-refractivity contribution in [1.82, 2.24) is 0 Å². The van der Waals surface area contributed by atoms with Gasteiger partial charge in [-0.25, -0.2) is 0 Å². The van der Waals surface area contributed by atoms with Crippen molar-refractivity contribution in [2.24, 2.45) is 0 Å². The summed E-state index contributed by atoms with van der Waals surface area (Å²) in [5.74, 6) is 0.895. The van der Waals surface area contributed by atoms with Crippen molar-refractivity contribution in [1.29, 1.82) is 0 Å². The van der Waals surface area contributed by atoms with Gasteiger partial charge in [0.05, 0.1) is 13.2 Å². The van der Waals surface area contributed by atoms with Gasteiger partial charge in [0.1, 0.15) is 12.4 Å². The van der Waals surface area contributed by atoms with Gasteiger partial charge in [0.15, 0.2) is 0 Å². The summed E-state index contributed by atoms with van der Waals surface area (Å²) in [5, 5.41) is 0. The first-order valence-electron chi connectivity index (χ1n) is 5.04. The third-order valence-electron chi connectivity index (χ3n) is 1.74. The highest BCUT2D eigenvalue weighted by atomic mass is 16.5. The Morgan fingerprint density at radius 2 is 1.93 bits per heavy atom. The zero-order valence-corrected chi connectivity index (χ0v) is 8.61. The van der Waals surface area contributed by atoms with Crippen LogP contribution in [-0.4, -0.2) is 13.2 Å². The molecule has 0 aliphatic heterocycles. The largest absolute Gasteiger partial charge is 0.491 e. The standard InChI is InChI=1S/C12H17O2/c1-2-3-9-13-10-11-14-12-7-5-4-6-8-12/h4-9H,2-3,10-11H2,1H3. The molecule has 0 saturated carbocycles. The number of hydrogen-bond acceptors (Lipinski definition) is 2. The van der Waals surface area contributed by atoms with Gasteiger partial charge in [-0.15, -0.1) is 0 Å². The second-order valence-corrected chi connectivity index (χ2v) is 2.99. The number of benzene rings is 1. The van der Waals surface area contributed by atoms with Crippen LogP contribution in [0.2, 0.25) is 0 Å². The minimum atomic E-state index is 0.601. The first-order valence-corrected chi connectivity index (χ1v) is 5.04. The fourth-order valence-electron chi connectivity index (χ4n) is 1.01. The van der Waals surface area contributed by atoms with Crippen LogP contribution < -0.4 is 4.74 Å². The summed E-state index contributed by atoms with van der Waals surface area (Å²) < 4.78 is 10.7. The summed E-state index contributed by atoms with van der Waals surface area (Å²) >= 11 is 0. The molecule has 0 aliphatic rings. The smallest absolute Gasteiger partial charge is 0.119 e. The molecule has 0 aliphatic carbocycles. The Labute approximate surface area is 85.8 Å². The van der Waals surface area contributed by atoms with Crippen molar-refractivity contribution in [3.05, 3.63) is 36.9 Å². The molecule has 77 valence electrons. The van der Waals surface area contributed by atoms with Crippen molar-refractivity contribution in [2.75, 3.05) is 13.2 Å². The maximum absolute atomic E-state index is 5.44. The number of unbranched alkanes of at least 4 members (excludes halogenated alkanes) is 1. The molecule has 0 bridgehead atoms. The predicted octanol–water partition coefficient (Wildman–Crippen LogP) is 3.04. The van der Waals surface area contributed by atoms with Gasteiger partial charge in [0, 0.05) is 0 Å². The van der Waals surface area contributed by atoms with Crippen LogP contribution in [0.4, 0.5) is 0 Å². The van der Waals surface area contributed by atoms with Crippen LogP contribution in [0.25, 0.3) is 0 Å². The molecule has 0 fully saturated rings. The van der Waals surface area contributed by atoms with Gasteiger partial charge >= 0.3 is 0 Å². The quantitative estimate of drug-likeness (QED) is 0.620. The lowest BCUT2D eigenvalue weighted by Gasteiger charge is -2.05. The van der Waals surface area contributed by atoms with E-state index in [0.29, 0.717) is 13.2 Å². The van der Waals surface area contributed by atoms with Crippen LogP contribution in [-0.2, 0) is 4.74 Å². The fourth-order valence-corrected chi connectivity index (χ4v) is 1.01. The van der Waals surface area contributed by atoms with Crippen LogP contribution in [0, 0.1) is 6.61 Å². The summed E-state index contributed by atoms with van der Waals surface area (Å²) in [6.45, 7) is 5.19. The molecule has 14 heavy (non-hydrogen) atoms. The summed E-state index contributed by atoms with van der Waals surface area (Å²) in [6.07, 6.45) is 2.13. The molecule has 0 amide bonds. The van der Waals surface area contributed by atoms with E-state index in [2.05, 4.69) is 6.92 Å². The van der Waals surface area contributed by atoms with E-state index in [-0.39, 0.29) is 0 Å². The van der Waals surface area contributed by atoms with E-state index < -0.39 is 0 Å². The van der Waals surface area contributed by atoms with Gasteiger partial charge in [-0.2, -0.15) is 0 Å². The van der Waals surface area contributed by atoms with Crippen LogP contribution >= 0.6 is 0 Å². The average Bonchev–Trinajstić information content (AvgIpc) is 2.25. The number of ether oxygens (including phenoxy) is 2. The van der Waals surface area contributed by atoms with Gasteiger partial charge < -0.3 is 9.47 Å². The van der Waals surface area contributed by atoms with Gasteiger partial charge in [0.2, 0.25) is 0 Å². The van der Waals surface area contributed by atoms with Crippen molar-refractivity contribution in [3.63, 3.8) is 0 Å². The first-order chi connectivity index (χ1) is 6.93. The average molecular weight is 193 g/mol. The summed E-state index contributed by atoms with van der Waals surface area (Å²) in [5.41, 5.74) is 0. The SMILES string of the molecule is CCC[CH]OCCOc1ccccc1. The van der Waals surface area contributed by atoms with Crippen molar-refractivity contribution < 1.29 is 9.47 Å². The van der Waals surface area contributed by atoms with E-state index in [9.17, 15) is 0 Å². The molecule has 0 aromatic heterocycles. The minimum Gasteiger partial charge on any atom is -0.491 e. The fraction of sp³-hybridized carbons (Fsp3) is 0.417. The van der Waals surface area contributed by atoms with Crippen molar-refractivity contribution >= 4 is 0 Å². The van der Waals surface area contributed by atoms with Gasteiger partial charge in [-0.3, -0.25) is 0 Å². The minimum absolute atomic E-state index is 0.601. The second-order valence-electron chi connectivity index (χ2n) is 2.99. The summed E-state index contributed by atoms with van der Waals surface area (Å²) in [4.78, 5) is 0. The molecule has 1 aromatic carbocycles. The zero-order chi connectivity index (χ0) is 10.1. The molecule has 0 atom stereocenters.